The molecule has 1 heterocycles. The Morgan fingerprint density at radius 3 is 2.48 bits per heavy atom. The Morgan fingerprint density at radius 1 is 1.16 bits per heavy atom. The van der Waals surface area contributed by atoms with Gasteiger partial charge in [0.05, 0.1) is 12.3 Å². The second kappa shape index (κ2) is 9.90. The molecule has 0 fully saturated rings. The van der Waals surface area contributed by atoms with E-state index in [2.05, 4.69) is 5.16 Å². The van der Waals surface area contributed by atoms with E-state index in [1.54, 1.807) is 4.90 Å². The minimum absolute atomic E-state index is 0.0599. The molecule has 7 heteroatoms. The summed E-state index contributed by atoms with van der Waals surface area (Å²) in [5.74, 6) is -1.22. The van der Waals surface area contributed by atoms with Gasteiger partial charge in [0, 0.05) is 50.8 Å². The predicted octanol–water partition coefficient (Wildman–Crippen LogP) is 4.60. The summed E-state index contributed by atoms with van der Waals surface area (Å²) in [6.07, 6.45) is 0.580. The van der Waals surface area contributed by atoms with Gasteiger partial charge in [0.2, 0.25) is 5.91 Å². The van der Waals surface area contributed by atoms with E-state index in [1.165, 1.54) is 12.1 Å². The van der Waals surface area contributed by atoms with E-state index in [0.29, 0.717) is 12.8 Å². The van der Waals surface area contributed by atoms with Gasteiger partial charge < -0.3 is 14.6 Å². The van der Waals surface area contributed by atoms with Gasteiger partial charge in [0.25, 0.3) is 0 Å². The lowest BCUT2D eigenvalue weighted by Crippen LogP contribution is -2.38. The predicted molar refractivity (Wildman–Crippen MR) is 118 cm³/mol. The highest BCUT2D eigenvalue weighted by atomic mass is 19.1. The van der Waals surface area contributed by atoms with Crippen LogP contribution in [0.3, 0.4) is 0 Å². The molecule has 1 unspecified atom stereocenters. The third-order valence-corrected chi connectivity index (χ3v) is 5.19. The maximum Gasteiger partial charge on any atom is 0.223 e. The van der Waals surface area contributed by atoms with Crippen molar-refractivity contribution in [1.82, 2.24) is 4.90 Å². The number of hydrogen-bond acceptors (Lipinski definition) is 4. The molecule has 31 heavy (non-hydrogen) atoms. The maximum absolute atomic E-state index is 14.2. The van der Waals surface area contributed by atoms with Crippen molar-refractivity contribution < 1.29 is 18.4 Å². The van der Waals surface area contributed by atoms with Crippen LogP contribution in [0.25, 0.3) is 0 Å². The molecule has 0 N–H and O–H groups in total. The second-order valence-electron chi connectivity index (χ2n) is 8.52. The number of carbonyl (C=O) groups is 1. The van der Waals surface area contributed by atoms with Crippen LogP contribution in [0.2, 0.25) is 0 Å². The Labute approximate surface area is 182 Å². The van der Waals surface area contributed by atoms with Crippen LogP contribution in [0.15, 0.2) is 47.6 Å². The maximum atomic E-state index is 14.2. The summed E-state index contributed by atoms with van der Waals surface area (Å²) in [7, 11) is 3.96. The van der Waals surface area contributed by atoms with Crippen LogP contribution in [-0.2, 0) is 16.2 Å². The molecule has 0 aromatic heterocycles. The molecule has 1 aliphatic rings. The molecule has 3 rings (SSSR count). The first-order valence-electron chi connectivity index (χ1n) is 10.4. The highest BCUT2D eigenvalue weighted by Gasteiger charge is 2.27. The number of oxime groups is 1. The highest BCUT2D eigenvalue weighted by molar-refractivity contribution is 6.01. The molecule has 0 spiro atoms. The highest BCUT2D eigenvalue weighted by Crippen LogP contribution is 2.22. The molecule has 0 radical (unpaired) electrons. The van der Waals surface area contributed by atoms with Crippen LogP contribution >= 0.6 is 0 Å². The van der Waals surface area contributed by atoms with Crippen molar-refractivity contribution >= 4 is 17.3 Å². The number of nitrogens with zero attached hydrogens (tertiary/aromatic N) is 3. The molecule has 0 aliphatic carbocycles. The van der Waals surface area contributed by atoms with Gasteiger partial charge in [-0.2, -0.15) is 0 Å². The molecule has 5 nitrogen and oxygen atoms in total. The smallest absolute Gasteiger partial charge is 0.223 e. The third kappa shape index (κ3) is 6.03. The topological polar surface area (TPSA) is 45.1 Å². The number of anilines is 1. The summed E-state index contributed by atoms with van der Waals surface area (Å²) < 4.78 is 27.4. The molecule has 0 bridgehead atoms. The third-order valence-electron chi connectivity index (χ3n) is 5.19. The normalized spacial score (nSPS) is 15.6. The number of hydrogen-bond donors (Lipinski definition) is 0. The van der Waals surface area contributed by atoms with Gasteiger partial charge in [-0.3, -0.25) is 4.79 Å². The number of benzene rings is 2. The molecule has 0 saturated heterocycles. The SMILES string of the molecule is CC(C)CC(=O)N(Cc1ccc(F)cc1F)CC1CC(c2ccc(N(C)C)cc2)=NO1. The molecule has 2 aromatic rings. The first-order chi connectivity index (χ1) is 14.7. The van der Waals surface area contributed by atoms with Crippen molar-refractivity contribution in [2.75, 3.05) is 25.5 Å². The van der Waals surface area contributed by atoms with Gasteiger partial charge in [0.15, 0.2) is 6.10 Å². The fourth-order valence-electron chi connectivity index (χ4n) is 3.48. The Hall–Kier alpha value is -2.96. The molecular formula is C24H29F2N3O2. The standard InChI is InChI=1S/C24H29F2N3O2/c1-16(2)11-24(30)29(14-18-5-8-19(25)12-22(18)26)15-21-13-23(27-31-21)17-6-9-20(10-7-17)28(3)4/h5-10,12,16,21H,11,13-15H2,1-4H3. The van der Waals surface area contributed by atoms with Crippen molar-refractivity contribution in [1.29, 1.82) is 0 Å². The van der Waals surface area contributed by atoms with E-state index in [1.807, 2.05) is 57.1 Å². The van der Waals surface area contributed by atoms with Gasteiger partial charge in [-0.05, 0) is 29.7 Å². The Kier molecular flexibility index (Phi) is 7.25. The molecule has 1 aliphatic heterocycles. The summed E-state index contributed by atoms with van der Waals surface area (Å²) in [6.45, 7) is 4.26. The van der Waals surface area contributed by atoms with E-state index < -0.39 is 11.6 Å². The lowest BCUT2D eigenvalue weighted by molar-refractivity contribution is -0.134. The molecule has 1 amide bonds. The zero-order valence-electron chi connectivity index (χ0n) is 18.4. The zero-order chi connectivity index (χ0) is 22.5. The fourth-order valence-corrected chi connectivity index (χ4v) is 3.48. The van der Waals surface area contributed by atoms with E-state index in [4.69, 9.17) is 4.84 Å². The molecule has 2 aromatic carbocycles. The molecule has 1 atom stereocenters. The van der Waals surface area contributed by atoms with E-state index in [-0.39, 0.29) is 36.6 Å². The number of amides is 1. The average Bonchev–Trinajstić information content (AvgIpc) is 3.17. The minimum atomic E-state index is -0.660. The monoisotopic (exact) mass is 429 g/mol. The van der Waals surface area contributed by atoms with Crippen LogP contribution in [0, 0.1) is 17.6 Å². The summed E-state index contributed by atoms with van der Waals surface area (Å²) in [6, 6.07) is 11.4. The Bertz CT molecular complexity index is 942. The van der Waals surface area contributed by atoms with Crippen molar-refractivity contribution in [2.24, 2.45) is 11.1 Å². The number of rotatable bonds is 8. The first-order valence-corrected chi connectivity index (χ1v) is 10.4. The Balaban J connectivity index is 1.69. The zero-order valence-corrected chi connectivity index (χ0v) is 18.4. The summed E-state index contributed by atoms with van der Waals surface area (Å²) in [5, 5.41) is 4.21. The number of halogens is 2. The molecular weight excluding hydrogens is 400 g/mol. The van der Waals surface area contributed by atoms with Crippen LogP contribution in [-0.4, -0.2) is 43.3 Å². The van der Waals surface area contributed by atoms with E-state index in [9.17, 15) is 13.6 Å². The lowest BCUT2D eigenvalue weighted by Gasteiger charge is -2.26. The van der Waals surface area contributed by atoms with Crippen LogP contribution in [0.5, 0.6) is 0 Å². The van der Waals surface area contributed by atoms with Crippen LogP contribution in [0.1, 0.15) is 37.8 Å². The summed E-state index contributed by atoms with van der Waals surface area (Å²) in [5.41, 5.74) is 3.15. The van der Waals surface area contributed by atoms with Gasteiger partial charge in [-0.1, -0.05) is 37.2 Å². The second-order valence-corrected chi connectivity index (χ2v) is 8.52. The van der Waals surface area contributed by atoms with Crippen molar-refractivity contribution in [2.45, 2.75) is 39.3 Å². The van der Waals surface area contributed by atoms with Gasteiger partial charge >= 0.3 is 0 Å². The number of carbonyl (C=O) groups excluding carboxylic acids is 1. The van der Waals surface area contributed by atoms with Gasteiger partial charge in [-0.15, -0.1) is 0 Å². The largest absolute Gasteiger partial charge is 0.390 e. The van der Waals surface area contributed by atoms with Crippen LogP contribution in [0.4, 0.5) is 14.5 Å². The van der Waals surface area contributed by atoms with E-state index in [0.717, 1.165) is 23.0 Å². The first kappa shape index (κ1) is 22.7. The average molecular weight is 430 g/mol. The molecule has 166 valence electrons. The van der Waals surface area contributed by atoms with Crippen molar-refractivity contribution in [3.63, 3.8) is 0 Å². The van der Waals surface area contributed by atoms with Gasteiger partial charge in [-0.25, -0.2) is 8.78 Å². The van der Waals surface area contributed by atoms with Crippen LogP contribution < -0.4 is 4.90 Å². The Morgan fingerprint density at radius 2 is 1.87 bits per heavy atom. The van der Waals surface area contributed by atoms with Crippen molar-refractivity contribution in [3.05, 3.63) is 65.2 Å². The van der Waals surface area contributed by atoms with Crippen molar-refractivity contribution in [3.8, 4) is 0 Å². The van der Waals surface area contributed by atoms with Gasteiger partial charge in [0.1, 0.15) is 11.6 Å². The summed E-state index contributed by atoms with van der Waals surface area (Å²) in [4.78, 5) is 22.0. The quantitative estimate of drug-likeness (QED) is 0.616. The summed E-state index contributed by atoms with van der Waals surface area (Å²) >= 11 is 0. The minimum Gasteiger partial charge on any atom is -0.390 e. The lowest BCUT2D eigenvalue weighted by atomic mass is 10.0. The fraction of sp³-hybridized carbons (Fsp3) is 0.417. The molecule has 0 saturated carbocycles. The van der Waals surface area contributed by atoms with E-state index >= 15 is 0 Å².